The molecule has 0 amide bonds. The lowest BCUT2D eigenvalue weighted by molar-refractivity contribution is -0.118. The maximum atomic E-state index is 5.49. The molecule has 19 heavy (non-hydrogen) atoms. The zero-order valence-corrected chi connectivity index (χ0v) is 11.6. The summed E-state index contributed by atoms with van der Waals surface area (Å²) in [7, 11) is 0. The summed E-state index contributed by atoms with van der Waals surface area (Å²) < 4.78 is 5.49. The molecular weight excluding hydrogens is 236 g/mol. The predicted molar refractivity (Wildman–Crippen MR) is 75.5 cm³/mol. The Bertz CT molecular complexity index is 485. The molecule has 1 atom stereocenters. The lowest BCUT2D eigenvalue weighted by atomic mass is 9.68. The first-order valence-corrected chi connectivity index (χ1v) is 7.44. The minimum atomic E-state index is 0.326. The van der Waals surface area contributed by atoms with E-state index in [9.17, 15) is 0 Å². The van der Waals surface area contributed by atoms with Crippen molar-refractivity contribution in [1.29, 1.82) is 0 Å². The number of ether oxygens (including phenoxy) is 1. The number of allylic oxidation sites excluding steroid dienone is 3. The van der Waals surface area contributed by atoms with Crippen molar-refractivity contribution < 1.29 is 4.74 Å². The minimum absolute atomic E-state index is 0.326. The maximum absolute atomic E-state index is 5.49. The maximum Gasteiger partial charge on any atom is 0.0550 e. The van der Waals surface area contributed by atoms with Crippen molar-refractivity contribution in [2.45, 2.75) is 19.8 Å². The van der Waals surface area contributed by atoms with Crippen molar-refractivity contribution >= 4 is 0 Å². The van der Waals surface area contributed by atoms with Gasteiger partial charge in [-0.2, -0.15) is 0 Å². The summed E-state index contributed by atoms with van der Waals surface area (Å²) in [5.74, 6) is 0.578. The minimum Gasteiger partial charge on any atom is -0.380 e. The second-order valence-electron chi connectivity index (χ2n) is 6.48. The van der Waals surface area contributed by atoms with Crippen molar-refractivity contribution in [3.05, 3.63) is 35.2 Å². The highest BCUT2D eigenvalue weighted by Gasteiger charge is 2.44. The number of nitrogens with one attached hydrogen (secondary N) is 1. The van der Waals surface area contributed by atoms with Crippen molar-refractivity contribution in [2.75, 3.05) is 32.8 Å². The highest BCUT2D eigenvalue weighted by Crippen LogP contribution is 2.47. The van der Waals surface area contributed by atoms with Crippen LogP contribution in [0.5, 0.6) is 0 Å². The molecule has 0 aromatic carbocycles. The Morgan fingerprint density at radius 3 is 3.11 bits per heavy atom. The Hall–Kier alpha value is -1.06. The molecule has 4 rings (SSSR count). The smallest absolute Gasteiger partial charge is 0.0550 e. The van der Waals surface area contributed by atoms with E-state index in [-0.39, 0.29) is 0 Å². The molecular formula is C16H22N2O. The van der Waals surface area contributed by atoms with Crippen molar-refractivity contribution in [3.8, 4) is 0 Å². The Morgan fingerprint density at radius 1 is 1.42 bits per heavy atom. The highest BCUT2D eigenvalue weighted by atomic mass is 16.5. The van der Waals surface area contributed by atoms with Gasteiger partial charge in [0, 0.05) is 42.9 Å². The van der Waals surface area contributed by atoms with Crippen LogP contribution in [-0.2, 0) is 4.74 Å². The quantitative estimate of drug-likeness (QED) is 0.779. The van der Waals surface area contributed by atoms with Crippen molar-refractivity contribution in [2.24, 2.45) is 11.3 Å². The monoisotopic (exact) mass is 258 g/mol. The molecule has 1 unspecified atom stereocenters. The summed E-state index contributed by atoms with van der Waals surface area (Å²) in [6.45, 7) is 7.40. The van der Waals surface area contributed by atoms with Crippen molar-refractivity contribution in [3.63, 3.8) is 0 Å². The second kappa shape index (κ2) is 4.22. The van der Waals surface area contributed by atoms with Crippen LogP contribution >= 0.6 is 0 Å². The third-order valence-corrected chi connectivity index (χ3v) is 4.99. The zero-order valence-electron chi connectivity index (χ0n) is 11.6. The molecule has 2 fully saturated rings. The Kier molecular flexibility index (Phi) is 2.61. The van der Waals surface area contributed by atoms with Crippen LogP contribution in [0.25, 0.3) is 0 Å². The van der Waals surface area contributed by atoms with E-state index in [0.717, 1.165) is 32.8 Å². The van der Waals surface area contributed by atoms with Crippen LogP contribution in [0.2, 0.25) is 0 Å². The van der Waals surface area contributed by atoms with E-state index >= 15 is 0 Å². The fraction of sp³-hybridized carbons (Fsp3) is 0.625. The van der Waals surface area contributed by atoms with E-state index in [4.69, 9.17) is 4.74 Å². The van der Waals surface area contributed by atoms with Gasteiger partial charge in [0.25, 0.3) is 0 Å². The van der Waals surface area contributed by atoms with Crippen LogP contribution in [0.1, 0.15) is 19.8 Å². The molecule has 0 saturated carbocycles. The second-order valence-corrected chi connectivity index (χ2v) is 6.48. The summed E-state index contributed by atoms with van der Waals surface area (Å²) in [6, 6.07) is 0. The van der Waals surface area contributed by atoms with Crippen molar-refractivity contribution in [1.82, 2.24) is 10.2 Å². The number of hydrogen-bond acceptors (Lipinski definition) is 3. The molecule has 3 heteroatoms. The first-order valence-electron chi connectivity index (χ1n) is 7.44. The molecule has 2 saturated heterocycles. The van der Waals surface area contributed by atoms with Gasteiger partial charge in [-0.05, 0) is 24.0 Å². The van der Waals surface area contributed by atoms with Gasteiger partial charge in [-0.25, -0.2) is 0 Å². The Labute approximate surface area is 115 Å². The number of nitrogens with zero attached hydrogens (tertiary/aromatic N) is 1. The van der Waals surface area contributed by atoms with Gasteiger partial charge in [-0.3, -0.25) is 0 Å². The molecule has 0 aromatic rings. The summed E-state index contributed by atoms with van der Waals surface area (Å²) in [5, 5.41) is 3.54. The molecule has 3 heterocycles. The van der Waals surface area contributed by atoms with Gasteiger partial charge in [0.15, 0.2) is 0 Å². The molecule has 0 bridgehead atoms. The standard InChI is InChI=1S/C16H22N2O/c1-16(10-19-11-16)14-5-7-18-8-6-17-9-12-3-2-4-13(14)15(12)18/h3,5,7,14,17H,2,4,6,8-11H2,1H3. The number of hydrogen-bond donors (Lipinski definition) is 1. The third kappa shape index (κ3) is 1.72. The molecule has 0 spiro atoms. The van der Waals surface area contributed by atoms with Crippen LogP contribution in [0.15, 0.2) is 35.2 Å². The van der Waals surface area contributed by atoms with Gasteiger partial charge >= 0.3 is 0 Å². The van der Waals surface area contributed by atoms with Crippen LogP contribution in [0, 0.1) is 11.3 Å². The zero-order chi connectivity index (χ0) is 12.9. The summed E-state index contributed by atoms with van der Waals surface area (Å²) >= 11 is 0. The van der Waals surface area contributed by atoms with E-state index in [2.05, 4.69) is 35.5 Å². The summed E-state index contributed by atoms with van der Waals surface area (Å²) in [4.78, 5) is 2.46. The van der Waals surface area contributed by atoms with Crippen LogP contribution in [0.3, 0.4) is 0 Å². The van der Waals surface area contributed by atoms with E-state index in [1.54, 1.807) is 5.57 Å². The van der Waals surface area contributed by atoms with Crippen LogP contribution in [0.4, 0.5) is 0 Å². The van der Waals surface area contributed by atoms with Gasteiger partial charge < -0.3 is 15.0 Å². The van der Waals surface area contributed by atoms with Crippen LogP contribution < -0.4 is 5.32 Å². The largest absolute Gasteiger partial charge is 0.380 e. The fourth-order valence-corrected chi connectivity index (χ4v) is 3.90. The average Bonchev–Trinajstić information content (AvgIpc) is 2.61. The number of rotatable bonds is 1. The van der Waals surface area contributed by atoms with Gasteiger partial charge in [-0.15, -0.1) is 0 Å². The third-order valence-electron chi connectivity index (χ3n) is 4.99. The van der Waals surface area contributed by atoms with Crippen LogP contribution in [-0.4, -0.2) is 37.7 Å². The average molecular weight is 258 g/mol. The first kappa shape index (κ1) is 11.7. The van der Waals surface area contributed by atoms with E-state index in [0.29, 0.717) is 11.3 Å². The summed E-state index contributed by atoms with van der Waals surface area (Å²) in [5.41, 5.74) is 5.02. The SMILES string of the molecule is CC1(C2C=CN3CCNCC4=CCCC2=C43)COC1. The van der Waals surface area contributed by atoms with E-state index < -0.39 is 0 Å². The Balaban J connectivity index is 1.77. The van der Waals surface area contributed by atoms with Gasteiger partial charge in [0.1, 0.15) is 0 Å². The molecule has 3 nitrogen and oxygen atoms in total. The fourth-order valence-electron chi connectivity index (χ4n) is 3.90. The van der Waals surface area contributed by atoms with Gasteiger partial charge in [0.2, 0.25) is 0 Å². The first-order chi connectivity index (χ1) is 9.28. The lowest BCUT2D eigenvalue weighted by Crippen LogP contribution is -2.47. The molecule has 1 aliphatic carbocycles. The molecule has 0 radical (unpaired) electrons. The summed E-state index contributed by atoms with van der Waals surface area (Å²) in [6.07, 6.45) is 9.60. The molecule has 4 aliphatic rings. The normalized spacial score (nSPS) is 32.4. The van der Waals surface area contributed by atoms with Gasteiger partial charge in [0.05, 0.1) is 13.2 Å². The topological polar surface area (TPSA) is 24.5 Å². The molecule has 3 aliphatic heterocycles. The Morgan fingerprint density at radius 2 is 2.32 bits per heavy atom. The molecule has 102 valence electrons. The van der Waals surface area contributed by atoms with E-state index in [1.807, 2.05) is 0 Å². The van der Waals surface area contributed by atoms with E-state index in [1.165, 1.54) is 24.1 Å². The molecule has 1 N–H and O–H groups in total. The molecule has 0 aromatic heterocycles. The highest BCUT2D eigenvalue weighted by molar-refractivity contribution is 5.45. The lowest BCUT2D eigenvalue weighted by Gasteiger charge is -2.48. The van der Waals surface area contributed by atoms with Gasteiger partial charge in [-0.1, -0.05) is 19.1 Å². The predicted octanol–water partition coefficient (Wildman–Crippen LogP) is 2.05.